The predicted octanol–water partition coefficient (Wildman–Crippen LogP) is 2.94. The molecule has 2 N–H and O–H groups in total. The number of hydrogen-bond donors (Lipinski definition) is 2. The summed E-state index contributed by atoms with van der Waals surface area (Å²) in [4.78, 5) is 4.05. The molecule has 5 heteroatoms. The van der Waals surface area contributed by atoms with Crippen molar-refractivity contribution in [3.63, 3.8) is 0 Å². The molecule has 0 radical (unpaired) electrons. The van der Waals surface area contributed by atoms with Crippen molar-refractivity contribution in [2.24, 2.45) is 0 Å². The number of benzene rings is 1. The summed E-state index contributed by atoms with van der Waals surface area (Å²) in [5.41, 5.74) is 2.43. The largest absolute Gasteiger partial charge is 0.497 e. The molecule has 21 heavy (non-hydrogen) atoms. The number of aromatic nitrogens is 1. The number of methoxy groups -OCH3 is 1. The second-order valence-corrected chi connectivity index (χ2v) is 4.66. The van der Waals surface area contributed by atoms with Crippen LogP contribution in [-0.2, 0) is 13.2 Å². The fourth-order valence-corrected chi connectivity index (χ4v) is 2.19. The van der Waals surface area contributed by atoms with Crippen molar-refractivity contribution in [2.75, 3.05) is 12.4 Å². The zero-order chi connectivity index (χ0) is 14.7. The monoisotopic (exact) mass is 284 g/mol. The number of nitrogens with zero attached hydrogens (tertiary/aromatic N) is 1. The third-order valence-electron chi connectivity index (χ3n) is 3.31. The van der Waals surface area contributed by atoms with Gasteiger partial charge in [0.25, 0.3) is 0 Å². The molecule has 0 atom stereocenters. The quantitative estimate of drug-likeness (QED) is 0.754. The molecule has 2 heterocycles. The van der Waals surface area contributed by atoms with Gasteiger partial charge >= 0.3 is 0 Å². The molecule has 0 saturated carbocycles. The lowest BCUT2D eigenvalue weighted by molar-refractivity contribution is 0.282. The minimum atomic E-state index is -0.0256. The van der Waals surface area contributed by atoms with Crippen LogP contribution in [0.5, 0.6) is 5.75 Å². The van der Waals surface area contributed by atoms with E-state index in [9.17, 15) is 5.11 Å². The molecule has 0 aliphatic heterocycles. The summed E-state index contributed by atoms with van der Waals surface area (Å²) in [6.07, 6.45) is 3.35. The van der Waals surface area contributed by atoms with Crippen LogP contribution in [0.4, 0.5) is 5.69 Å². The van der Waals surface area contributed by atoms with E-state index >= 15 is 0 Å². The molecule has 0 spiro atoms. The summed E-state index contributed by atoms with van der Waals surface area (Å²) in [5, 5.41) is 13.5. The number of rotatable bonds is 5. The van der Waals surface area contributed by atoms with Gasteiger partial charge in [-0.05, 0) is 30.3 Å². The molecule has 3 aromatic rings. The smallest absolute Gasteiger partial charge is 0.134 e. The van der Waals surface area contributed by atoms with Crippen molar-refractivity contribution in [1.29, 1.82) is 0 Å². The molecule has 0 saturated heterocycles. The van der Waals surface area contributed by atoms with E-state index in [4.69, 9.17) is 9.15 Å². The fourth-order valence-electron chi connectivity index (χ4n) is 2.19. The Labute approximate surface area is 122 Å². The van der Waals surface area contributed by atoms with E-state index in [1.807, 2.05) is 24.3 Å². The van der Waals surface area contributed by atoms with Crippen LogP contribution in [-0.4, -0.2) is 17.2 Å². The normalized spacial score (nSPS) is 10.8. The zero-order valence-corrected chi connectivity index (χ0v) is 11.7. The van der Waals surface area contributed by atoms with Crippen LogP contribution in [0.15, 0.2) is 47.1 Å². The highest BCUT2D eigenvalue weighted by molar-refractivity contribution is 5.79. The maximum atomic E-state index is 9.28. The van der Waals surface area contributed by atoms with E-state index in [1.165, 1.54) is 0 Å². The summed E-state index contributed by atoms with van der Waals surface area (Å²) >= 11 is 0. The van der Waals surface area contributed by atoms with Gasteiger partial charge in [0.2, 0.25) is 0 Å². The average molecular weight is 284 g/mol. The summed E-state index contributed by atoms with van der Waals surface area (Å²) in [7, 11) is 1.64. The number of pyridine rings is 1. The van der Waals surface area contributed by atoms with Gasteiger partial charge in [-0.25, -0.2) is 0 Å². The number of aliphatic hydroxyl groups excluding tert-OH is 1. The molecule has 0 amide bonds. The molecule has 0 fully saturated rings. The fraction of sp³-hybridized carbons (Fsp3) is 0.188. The summed E-state index contributed by atoms with van der Waals surface area (Å²) in [6, 6.07) is 9.45. The van der Waals surface area contributed by atoms with E-state index < -0.39 is 0 Å². The molecule has 0 aliphatic carbocycles. The number of aliphatic hydroxyl groups is 1. The van der Waals surface area contributed by atoms with Gasteiger partial charge in [0.1, 0.15) is 17.1 Å². The molecular weight excluding hydrogens is 268 g/mol. The van der Waals surface area contributed by atoms with Gasteiger partial charge in [0.15, 0.2) is 0 Å². The van der Waals surface area contributed by atoms with Gasteiger partial charge in [0.05, 0.1) is 32.1 Å². The molecule has 0 aliphatic rings. The molecule has 3 rings (SSSR count). The number of furan rings is 1. The predicted molar refractivity (Wildman–Crippen MR) is 80.3 cm³/mol. The number of fused-ring (bicyclic) bond motifs is 1. The Bertz CT molecular complexity index is 752. The van der Waals surface area contributed by atoms with Crippen molar-refractivity contribution in [2.45, 2.75) is 13.2 Å². The first kappa shape index (κ1) is 13.5. The van der Waals surface area contributed by atoms with Crippen LogP contribution < -0.4 is 10.1 Å². The van der Waals surface area contributed by atoms with Crippen molar-refractivity contribution < 1.29 is 14.3 Å². The SMILES string of the molecule is COc1ccc2oc(CNc3cnccc3CO)cc2c1. The molecule has 1 aromatic carbocycles. The maximum absolute atomic E-state index is 9.28. The van der Waals surface area contributed by atoms with Gasteiger partial charge in [-0.2, -0.15) is 0 Å². The first-order valence-electron chi connectivity index (χ1n) is 6.64. The van der Waals surface area contributed by atoms with Gasteiger partial charge < -0.3 is 19.6 Å². The van der Waals surface area contributed by atoms with Crippen LogP contribution in [0.25, 0.3) is 11.0 Å². The van der Waals surface area contributed by atoms with Crippen molar-refractivity contribution in [3.05, 3.63) is 54.0 Å². The highest BCUT2D eigenvalue weighted by atomic mass is 16.5. The van der Waals surface area contributed by atoms with E-state index in [0.717, 1.165) is 33.7 Å². The lowest BCUT2D eigenvalue weighted by atomic mass is 10.2. The number of ether oxygens (including phenoxy) is 1. The zero-order valence-electron chi connectivity index (χ0n) is 11.7. The number of nitrogens with one attached hydrogen (secondary N) is 1. The number of anilines is 1. The lowest BCUT2D eigenvalue weighted by Crippen LogP contribution is -2.02. The third-order valence-corrected chi connectivity index (χ3v) is 3.31. The third kappa shape index (κ3) is 2.83. The Balaban J connectivity index is 1.79. The standard InChI is InChI=1S/C16H16N2O3/c1-20-13-2-3-16-12(6-13)7-14(21-16)8-18-15-9-17-5-4-11(15)10-19/h2-7,9,18-19H,8,10H2,1H3. The molecule has 5 nitrogen and oxygen atoms in total. The Kier molecular flexibility index (Phi) is 3.75. The van der Waals surface area contributed by atoms with Crippen LogP contribution in [0.2, 0.25) is 0 Å². The Morgan fingerprint density at radius 1 is 1.29 bits per heavy atom. The summed E-state index contributed by atoms with van der Waals surface area (Å²) in [6.45, 7) is 0.498. The molecular formula is C16H16N2O3. The highest BCUT2D eigenvalue weighted by Gasteiger charge is 2.06. The second-order valence-electron chi connectivity index (χ2n) is 4.66. The van der Waals surface area contributed by atoms with Crippen LogP contribution in [0.1, 0.15) is 11.3 Å². The van der Waals surface area contributed by atoms with E-state index in [0.29, 0.717) is 6.54 Å². The first-order chi connectivity index (χ1) is 10.3. The Hall–Kier alpha value is -2.53. The minimum Gasteiger partial charge on any atom is -0.497 e. The summed E-state index contributed by atoms with van der Waals surface area (Å²) in [5.74, 6) is 1.61. The van der Waals surface area contributed by atoms with E-state index in [-0.39, 0.29) is 6.61 Å². The van der Waals surface area contributed by atoms with Crippen LogP contribution in [0, 0.1) is 0 Å². The topological polar surface area (TPSA) is 67.5 Å². The average Bonchev–Trinajstić information content (AvgIpc) is 2.94. The highest BCUT2D eigenvalue weighted by Crippen LogP contribution is 2.25. The van der Waals surface area contributed by atoms with Crippen molar-refractivity contribution >= 4 is 16.7 Å². The van der Waals surface area contributed by atoms with Crippen molar-refractivity contribution in [3.8, 4) is 5.75 Å². The van der Waals surface area contributed by atoms with Gasteiger partial charge in [0, 0.05) is 17.1 Å². The minimum absolute atomic E-state index is 0.0256. The lowest BCUT2D eigenvalue weighted by Gasteiger charge is -2.07. The Morgan fingerprint density at radius 3 is 3.00 bits per heavy atom. The maximum Gasteiger partial charge on any atom is 0.134 e. The van der Waals surface area contributed by atoms with Gasteiger partial charge in [-0.15, -0.1) is 0 Å². The molecule has 0 bridgehead atoms. The Morgan fingerprint density at radius 2 is 2.19 bits per heavy atom. The van der Waals surface area contributed by atoms with Gasteiger partial charge in [-0.3, -0.25) is 4.98 Å². The van der Waals surface area contributed by atoms with Crippen molar-refractivity contribution in [1.82, 2.24) is 4.98 Å². The van der Waals surface area contributed by atoms with Crippen LogP contribution in [0.3, 0.4) is 0 Å². The molecule has 2 aromatic heterocycles. The van der Waals surface area contributed by atoms with E-state index in [2.05, 4.69) is 10.3 Å². The molecule has 108 valence electrons. The van der Waals surface area contributed by atoms with Gasteiger partial charge in [-0.1, -0.05) is 0 Å². The first-order valence-corrected chi connectivity index (χ1v) is 6.64. The van der Waals surface area contributed by atoms with E-state index in [1.54, 1.807) is 25.6 Å². The van der Waals surface area contributed by atoms with Crippen LogP contribution >= 0.6 is 0 Å². The molecule has 0 unspecified atom stereocenters. The summed E-state index contributed by atoms with van der Waals surface area (Å²) < 4.78 is 11.0. The number of hydrogen-bond acceptors (Lipinski definition) is 5. The second kappa shape index (κ2) is 5.85.